The monoisotopic (exact) mass is 218 g/mol. The topological polar surface area (TPSA) is 44.9 Å². The van der Waals surface area contributed by atoms with E-state index in [1.807, 2.05) is 25.5 Å². The summed E-state index contributed by atoms with van der Waals surface area (Å²) in [6.07, 6.45) is 2.40. The lowest BCUT2D eigenvalue weighted by Gasteiger charge is -2.22. The maximum Gasteiger partial charge on any atom is 0.140 e. The van der Waals surface area contributed by atoms with Crippen LogP contribution < -0.4 is 0 Å². The second-order valence-corrected chi connectivity index (χ2v) is 4.46. The van der Waals surface area contributed by atoms with Crippen molar-refractivity contribution in [2.24, 2.45) is 7.05 Å². The molecule has 4 nitrogen and oxygen atoms in total. The molecule has 1 aliphatic rings. The van der Waals surface area contributed by atoms with E-state index in [4.69, 9.17) is 0 Å². The van der Waals surface area contributed by atoms with E-state index in [1.54, 1.807) is 0 Å². The van der Waals surface area contributed by atoms with Crippen molar-refractivity contribution in [2.75, 3.05) is 13.1 Å². The number of hydrogen-bond acceptors (Lipinski definition) is 3. The Bertz CT molecular complexity index is 421. The van der Waals surface area contributed by atoms with Crippen LogP contribution in [0.15, 0.2) is 0 Å². The second kappa shape index (κ2) is 4.26. The molecule has 1 atom stereocenters. The first-order valence-corrected chi connectivity index (χ1v) is 5.78. The van der Waals surface area contributed by atoms with Crippen LogP contribution in [0.25, 0.3) is 0 Å². The fourth-order valence-corrected chi connectivity index (χ4v) is 2.49. The van der Waals surface area contributed by atoms with Gasteiger partial charge in [-0.2, -0.15) is 5.26 Å². The molecular weight excluding hydrogens is 200 g/mol. The summed E-state index contributed by atoms with van der Waals surface area (Å²) in [5, 5.41) is 9.37. The van der Waals surface area contributed by atoms with E-state index >= 15 is 0 Å². The minimum absolute atomic E-state index is 0.131. The number of nitrogens with zero attached hydrogens (tertiary/aromatic N) is 4. The highest BCUT2D eigenvalue weighted by Gasteiger charge is 2.27. The summed E-state index contributed by atoms with van der Waals surface area (Å²) < 4.78 is 2.04. The smallest absolute Gasteiger partial charge is 0.140 e. The molecule has 2 rings (SSSR count). The first-order valence-electron chi connectivity index (χ1n) is 5.78. The molecule has 16 heavy (non-hydrogen) atoms. The van der Waals surface area contributed by atoms with Crippen molar-refractivity contribution < 1.29 is 0 Å². The SMILES string of the molecule is Cc1nc(C)n(C)c1C(C#N)N1CCCC1. The van der Waals surface area contributed by atoms with Crippen molar-refractivity contribution >= 4 is 0 Å². The van der Waals surface area contributed by atoms with Gasteiger partial charge in [-0.3, -0.25) is 4.90 Å². The fourth-order valence-electron chi connectivity index (χ4n) is 2.49. The number of aromatic nitrogens is 2. The van der Waals surface area contributed by atoms with Crippen LogP contribution in [-0.4, -0.2) is 27.5 Å². The zero-order valence-electron chi connectivity index (χ0n) is 10.2. The molecule has 0 bridgehead atoms. The van der Waals surface area contributed by atoms with Gasteiger partial charge in [0.25, 0.3) is 0 Å². The molecule has 1 fully saturated rings. The number of rotatable bonds is 2. The molecular formula is C12H18N4. The molecule has 1 aliphatic heterocycles. The first-order chi connectivity index (χ1) is 7.65. The highest BCUT2D eigenvalue weighted by molar-refractivity contribution is 5.24. The van der Waals surface area contributed by atoms with Crippen molar-refractivity contribution in [2.45, 2.75) is 32.7 Å². The summed E-state index contributed by atoms with van der Waals surface area (Å²) >= 11 is 0. The average molecular weight is 218 g/mol. The quantitative estimate of drug-likeness (QED) is 0.759. The summed E-state index contributed by atoms with van der Waals surface area (Å²) in [7, 11) is 1.99. The van der Waals surface area contributed by atoms with E-state index in [0.717, 1.165) is 30.3 Å². The molecule has 0 aliphatic carbocycles. The Labute approximate surface area is 96.5 Å². The third-order valence-corrected chi connectivity index (χ3v) is 3.43. The lowest BCUT2D eigenvalue weighted by molar-refractivity contribution is 0.285. The van der Waals surface area contributed by atoms with Gasteiger partial charge in [0.2, 0.25) is 0 Å². The molecule has 0 spiro atoms. The van der Waals surface area contributed by atoms with E-state index in [0.29, 0.717) is 0 Å². The van der Waals surface area contributed by atoms with Gasteiger partial charge in [0.15, 0.2) is 0 Å². The molecule has 1 unspecified atom stereocenters. The zero-order valence-corrected chi connectivity index (χ0v) is 10.2. The van der Waals surface area contributed by atoms with E-state index in [-0.39, 0.29) is 6.04 Å². The maximum atomic E-state index is 9.37. The largest absolute Gasteiger partial charge is 0.333 e. The van der Waals surface area contributed by atoms with Crippen LogP contribution in [0.5, 0.6) is 0 Å². The molecule has 0 saturated carbocycles. The fraction of sp³-hybridized carbons (Fsp3) is 0.667. The number of imidazole rings is 1. The van der Waals surface area contributed by atoms with Crippen LogP contribution >= 0.6 is 0 Å². The molecule has 1 aromatic rings. The Balaban J connectivity index is 2.37. The van der Waals surface area contributed by atoms with Gasteiger partial charge >= 0.3 is 0 Å². The molecule has 4 heteroatoms. The summed E-state index contributed by atoms with van der Waals surface area (Å²) in [4.78, 5) is 6.69. The normalized spacial score (nSPS) is 18.6. The molecule has 0 radical (unpaired) electrons. The van der Waals surface area contributed by atoms with Gasteiger partial charge in [0.05, 0.1) is 17.5 Å². The number of aryl methyl sites for hydroxylation is 2. The van der Waals surface area contributed by atoms with E-state index in [1.165, 1.54) is 12.8 Å². The van der Waals surface area contributed by atoms with Crippen LogP contribution in [0.2, 0.25) is 0 Å². The lowest BCUT2D eigenvalue weighted by Crippen LogP contribution is -2.26. The van der Waals surface area contributed by atoms with Gasteiger partial charge in [-0.25, -0.2) is 4.98 Å². The van der Waals surface area contributed by atoms with Crippen LogP contribution in [0.3, 0.4) is 0 Å². The van der Waals surface area contributed by atoms with Crippen molar-refractivity contribution in [3.63, 3.8) is 0 Å². The van der Waals surface area contributed by atoms with E-state index < -0.39 is 0 Å². The minimum atomic E-state index is -0.131. The molecule has 2 heterocycles. The van der Waals surface area contributed by atoms with Gasteiger partial charge in [-0.05, 0) is 39.8 Å². The van der Waals surface area contributed by atoms with E-state index in [9.17, 15) is 5.26 Å². The molecule has 1 saturated heterocycles. The van der Waals surface area contributed by atoms with Crippen LogP contribution in [0.4, 0.5) is 0 Å². The Hall–Kier alpha value is -1.34. The standard InChI is InChI=1S/C12H18N4/c1-9-12(15(3)10(2)14-9)11(8-13)16-6-4-5-7-16/h11H,4-7H2,1-3H3. The lowest BCUT2D eigenvalue weighted by atomic mass is 10.1. The number of likely N-dealkylation sites (tertiary alicyclic amines) is 1. The molecule has 0 N–H and O–H groups in total. The Morgan fingerprint density at radius 3 is 2.38 bits per heavy atom. The molecule has 1 aromatic heterocycles. The average Bonchev–Trinajstić information content (AvgIpc) is 2.84. The first kappa shape index (κ1) is 11.2. The third-order valence-electron chi connectivity index (χ3n) is 3.43. The van der Waals surface area contributed by atoms with Crippen molar-refractivity contribution in [1.82, 2.24) is 14.5 Å². The van der Waals surface area contributed by atoms with Gasteiger partial charge in [0, 0.05) is 7.05 Å². The molecule has 86 valence electrons. The molecule has 0 amide bonds. The van der Waals surface area contributed by atoms with Gasteiger partial charge < -0.3 is 4.57 Å². The highest BCUT2D eigenvalue weighted by Crippen LogP contribution is 2.26. The maximum absolute atomic E-state index is 9.37. The summed E-state index contributed by atoms with van der Waals surface area (Å²) in [5.41, 5.74) is 2.04. The van der Waals surface area contributed by atoms with Crippen molar-refractivity contribution in [3.8, 4) is 6.07 Å². The summed E-state index contributed by atoms with van der Waals surface area (Å²) in [6, 6.07) is 2.29. The van der Waals surface area contributed by atoms with Crippen LogP contribution in [0, 0.1) is 25.2 Å². The minimum Gasteiger partial charge on any atom is -0.333 e. The molecule has 0 aromatic carbocycles. The van der Waals surface area contributed by atoms with Gasteiger partial charge in [-0.15, -0.1) is 0 Å². The predicted octanol–water partition coefficient (Wildman–Crippen LogP) is 1.70. The number of nitriles is 1. The second-order valence-electron chi connectivity index (χ2n) is 4.46. The number of hydrogen-bond donors (Lipinski definition) is 0. The van der Waals surface area contributed by atoms with Gasteiger partial charge in [0.1, 0.15) is 11.9 Å². The predicted molar refractivity (Wildman–Crippen MR) is 61.8 cm³/mol. The highest BCUT2D eigenvalue weighted by atomic mass is 15.2. The summed E-state index contributed by atoms with van der Waals surface area (Å²) in [5.74, 6) is 0.979. The van der Waals surface area contributed by atoms with Gasteiger partial charge in [-0.1, -0.05) is 0 Å². The third kappa shape index (κ3) is 1.72. The van der Waals surface area contributed by atoms with E-state index in [2.05, 4.69) is 16.0 Å². The Morgan fingerprint density at radius 2 is 1.94 bits per heavy atom. The van der Waals surface area contributed by atoms with Crippen molar-refractivity contribution in [3.05, 3.63) is 17.2 Å². The zero-order chi connectivity index (χ0) is 11.7. The van der Waals surface area contributed by atoms with Crippen LogP contribution in [-0.2, 0) is 7.05 Å². The Morgan fingerprint density at radius 1 is 1.31 bits per heavy atom. The Kier molecular flexibility index (Phi) is 2.97. The van der Waals surface area contributed by atoms with Crippen molar-refractivity contribution in [1.29, 1.82) is 5.26 Å². The summed E-state index contributed by atoms with van der Waals surface area (Å²) in [6.45, 7) is 6.03. The van der Waals surface area contributed by atoms with Crippen LogP contribution in [0.1, 0.15) is 36.1 Å².